The summed E-state index contributed by atoms with van der Waals surface area (Å²) < 4.78 is 12.3. The van der Waals surface area contributed by atoms with Crippen molar-refractivity contribution in [1.29, 1.82) is 0 Å². The summed E-state index contributed by atoms with van der Waals surface area (Å²) in [6.07, 6.45) is 0. The summed E-state index contributed by atoms with van der Waals surface area (Å²) in [7, 11) is -5.02. The first-order valence-corrected chi connectivity index (χ1v) is 26.4. The van der Waals surface area contributed by atoms with Crippen LogP contribution >= 0.6 is 0 Å². The van der Waals surface area contributed by atoms with Crippen LogP contribution in [0.2, 0.25) is 26.2 Å². The van der Waals surface area contributed by atoms with Crippen molar-refractivity contribution in [1.82, 2.24) is 0 Å². The van der Waals surface area contributed by atoms with Crippen molar-refractivity contribution in [2.45, 2.75) is 40.0 Å². The molecule has 0 atom stereocenters. The summed E-state index contributed by atoms with van der Waals surface area (Å²) in [5.74, 6) is -0.671. The fourth-order valence-corrected chi connectivity index (χ4v) is 17.5. The van der Waals surface area contributed by atoms with Crippen molar-refractivity contribution in [3.8, 4) is 44.5 Å². The molecule has 0 bridgehead atoms. The lowest BCUT2D eigenvalue weighted by Gasteiger charge is -2.29. The summed E-state index contributed by atoms with van der Waals surface area (Å²) in [6.45, 7) is 13.9. The predicted molar refractivity (Wildman–Crippen MR) is 246 cm³/mol. The third-order valence-electron chi connectivity index (χ3n) is 12.8. The maximum Gasteiger partial charge on any atom is 0.339 e. The number of ether oxygens (including phenoxy) is 2. The minimum Gasteiger partial charge on any atom is -0.462 e. The molecule has 8 aromatic rings. The van der Waals surface area contributed by atoms with E-state index in [4.69, 9.17) is 9.47 Å². The van der Waals surface area contributed by atoms with Crippen molar-refractivity contribution in [2.75, 3.05) is 13.2 Å². The maximum atomic E-state index is 15.1. The van der Waals surface area contributed by atoms with Gasteiger partial charge in [-0.05, 0) is 101 Å². The highest BCUT2D eigenvalue weighted by Crippen LogP contribution is 2.52. The molecule has 2 aliphatic heterocycles. The Morgan fingerprint density at radius 1 is 0.431 bits per heavy atom. The lowest BCUT2D eigenvalue weighted by Crippen LogP contribution is -2.50. The molecule has 284 valence electrons. The highest BCUT2D eigenvalue weighted by atomic mass is 28.3. The van der Waals surface area contributed by atoms with E-state index in [1.165, 1.54) is 43.0 Å². The number of esters is 2. The quantitative estimate of drug-likeness (QED) is 0.0957. The molecular formula is C52H44O4Si2. The topological polar surface area (TPSA) is 52.6 Å². The zero-order valence-corrected chi connectivity index (χ0v) is 35.7. The van der Waals surface area contributed by atoms with Crippen molar-refractivity contribution < 1.29 is 19.1 Å². The molecule has 10 rings (SSSR count). The van der Waals surface area contributed by atoms with E-state index in [2.05, 4.69) is 135 Å². The van der Waals surface area contributed by atoms with Gasteiger partial charge in [-0.1, -0.05) is 160 Å². The van der Waals surface area contributed by atoms with E-state index < -0.39 is 16.1 Å². The zero-order valence-electron chi connectivity index (χ0n) is 33.7. The molecule has 8 aromatic carbocycles. The predicted octanol–water partition coefficient (Wildman–Crippen LogP) is 10.4. The molecule has 2 heterocycles. The van der Waals surface area contributed by atoms with Crippen LogP contribution in [0.5, 0.6) is 0 Å². The standard InChI is InChI=1S/C52H44O4Si2/c1-7-55-51(53)47-39(31-21-11-9-12-22-31)49-43(35-27-17-19-29-37(35)57(49,3)4)45-41(47)33-25-15-16-26-34(33)42-46(45)44-36-28-18-20-30-38(36)58(5,6)50(44)40(32-23-13-10-14-24-32)48(42)52(54)56-8-2/h9-30H,7-8H2,1-6H3. The number of carbonyl (C=O) groups is 2. The molecule has 0 unspecified atom stereocenters. The van der Waals surface area contributed by atoms with Crippen LogP contribution in [0.1, 0.15) is 34.6 Å². The molecule has 0 saturated carbocycles. The first kappa shape index (κ1) is 36.3. The van der Waals surface area contributed by atoms with E-state index >= 15 is 9.59 Å². The van der Waals surface area contributed by atoms with Gasteiger partial charge in [-0.25, -0.2) is 9.59 Å². The molecule has 0 saturated heterocycles. The lowest BCUT2D eigenvalue weighted by atomic mass is 9.79. The Kier molecular flexibility index (Phi) is 8.27. The maximum absolute atomic E-state index is 15.1. The molecule has 0 radical (unpaired) electrons. The minimum atomic E-state index is -2.51. The van der Waals surface area contributed by atoms with Gasteiger partial charge in [0.25, 0.3) is 0 Å². The van der Waals surface area contributed by atoms with Crippen LogP contribution in [-0.4, -0.2) is 41.3 Å². The van der Waals surface area contributed by atoms with Crippen LogP contribution in [0.4, 0.5) is 0 Å². The van der Waals surface area contributed by atoms with E-state index in [-0.39, 0.29) is 25.2 Å². The second-order valence-corrected chi connectivity index (χ2v) is 25.1. The summed E-state index contributed by atoms with van der Waals surface area (Å²) in [4.78, 5) is 30.2. The monoisotopic (exact) mass is 788 g/mol. The van der Waals surface area contributed by atoms with E-state index in [1.54, 1.807) is 0 Å². The first-order valence-electron chi connectivity index (χ1n) is 20.4. The van der Waals surface area contributed by atoms with Crippen LogP contribution in [0, 0.1) is 0 Å². The molecular weight excluding hydrogens is 745 g/mol. The van der Waals surface area contributed by atoms with Gasteiger partial charge >= 0.3 is 11.9 Å². The minimum absolute atomic E-state index is 0.244. The smallest absolute Gasteiger partial charge is 0.339 e. The number of benzene rings is 8. The highest BCUT2D eigenvalue weighted by Gasteiger charge is 2.47. The lowest BCUT2D eigenvalue weighted by molar-refractivity contribution is 0.0520. The first-order chi connectivity index (χ1) is 28.1. The summed E-state index contributed by atoms with van der Waals surface area (Å²) in [5, 5.41) is 10.7. The Morgan fingerprint density at radius 3 is 1.16 bits per heavy atom. The van der Waals surface area contributed by atoms with Gasteiger partial charge in [0.05, 0.1) is 24.3 Å². The fraction of sp³-hybridized carbons (Fsp3) is 0.154. The second kappa shape index (κ2) is 13.2. The normalized spacial score (nSPS) is 14.2. The molecule has 0 spiro atoms. The molecule has 2 aliphatic rings. The third-order valence-corrected chi connectivity index (χ3v) is 19.9. The molecule has 0 amide bonds. The van der Waals surface area contributed by atoms with Gasteiger partial charge in [-0.3, -0.25) is 0 Å². The van der Waals surface area contributed by atoms with Gasteiger partial charge in [0.2, 0.25) is 0 Å². The summed E-state index contributed by atoms with van der Waals surface area (Å²) in [6, 6.07) is 46.9. The fourth-order valence-electron chi connectivity index (χ4n) is 10.6. The molecule has 0 fully saturated rings. The largest absolute Gasteiger partial charge is 0.462 e. The summed E-state index contributed by atoms with van der Waals surface area (Å²) >= 11 is 0. The van der Waals surface area contributed by atoms with E-state index in [0.717, 1.165) is 54.6 Å². The Hall–Kier alpha value is -6.09. The number of hydrogen-bond donors (Lipinski definition) is 0. The molecule has 58 heavy (non-hydrogen) atoms. The van der Waals surface area contributed by atoms with Crippen molar-refractivity contribution in [3.63, 3.8) is 0 Å². The number of hydrogen-bond acceptors (Lipinski definition) is 4. The van der Waals surface area contributed by atoms with Crippen LogP contribution in [0.3, 0.4) is 0 Å². The number of rotatable bonds is 6. The van der Waals surface area contributed by atoms with Gasteiger partial charge in [-0.2, -0.15) is 0 Å². The van der Waals surface area contributed by atoms with Gasteiger partial charge in [0.1, 0.15) is 16.1 Å². The van der Waals surface area contributed by atoms with Crippen molar-refractivity contribution >= 4 is 81.2 Å². The molecule has 0 aromatic heterocycles. The molecule has 4 nitrogen and oxygen atoms in total. The average molecular weight is 789 g/mol. The van der Waals surface area contributed by atoms with E-state index in [9.17, 15) is 0 Å². The molecule has 6 heteroatoms. The van der Waals surface area contributed by atoms with Crippen molar-refractivity contribution in [2.24, 2.45) is 0 Å². The van der Waals surface area contributed by atoms with Crippen LogP contribution in [0.25, 0.3) is 76.8 Å². The zero-order chi connectivity index (χ0) is 40.1. The van der Waals surface area contributed by atoms with Gasteiger partial charge in [0, 0.05) is 10.8 Å². The molecule has 0 N–H and O–H groups in total. The van der Waals surface area contributed by atoms with Gasteiger partial charge in [-0.15, -0.1) is 0 Å². The van der Waals surface area contributed by atoms with Crippen LogP contribution < -0.4 is 20.7 Å². The summed E-state index contributed by atoms with van der Waals surface area (Å²) in [5.41, 5.74) is 9.82. The number of carbonyl (C=O) groups excluding carboxylic acids is 2. The average Bonchev–Trinajstić information content (AvgIpc) is 3.63. The highest BCUT2D eigenvalue weighted by molar-refractivity contribution is 7.06. The van der Waals surface area contributed by atoms with Crippen LogP contribution in [0.15, 0.2) is 133 Å². The van der Waals surface area contributed by atoms with E-state index in [1.807, 2.05) is 38.1 Å². The SMILES string of the molecule is CCOC(=O)c1c(-c2ccccc2)c2c(c3c1c1ccccc1c1c(C(=O)OCC)c(-c4ccccc4)c4c(c13)-c1ccccc1[Si]4(C)C)-c1ccccc1[Si]2(C)C. The molecule has 0 aliphatic carbocycles. The number of fused-ring (bicyclic) bond motifs is 14. The second-order valence-electron chi connectivity index (χ2n) is 16.6. The third kappa shape index (κ3) is 4.85. The van der Waals surface area contributed by atoms with Gasteiger partial charge < -0.3 is 9.47 Å². The van der Waals surface area contributed by atoms with Gasteiger partial charge in [0.15, 0.2) is 0 Å². The van der Waals surface area contributed by atoms with E-state index in [0.29, 0.717) is 11.1 Å². The Bertz CT molecular complexity index is 2850. The van der Waals surface area contributed by atoms with Crippen LogP contribution in [-0.2, 0) is 9.47 Å². The Morgan fingerprint density at radius 2 is 0.776 bits per heavy atom. The Balaban J connectivity index is 1.62. The van der Waals surface area contributed by atoms with Crippen molar-refractivity contribution in [3.05, 3.63) is 145 Å². The Labute approximate surface area is 341 Å².